The number of benzene rings is 2. The average Bonchev–Trinajstić information content (AvgIpc) is 3.32. The Bertz CT molecular complexity index is 1060. The molecule has 2 aromatic carbocycles. The number of piperidine rings is 1. The Hall–Kier alpha value is -2.80. The number of nitrogens with one attached hydrogen (secondary N) is 2. The number of anilines is 1. The van der Waals surface area contributed by atoms with Crippen molar-refractivity contribution in [3.05, 3.63) is 88.3 Å². The van der Waals surface area contributed by atoms with Crippen molar-refractivity contribution >= 4 is 40.7 Å². The van der Waals surface area contributed by atoms with Crippen molar-refractivity contribution in [3.8, 4) is 0 Å². The van der Waals surface area contributed by atoms with Crippen molar-refractivity contribution in [1.82, 2.24) is 10.2 Å². The first-order valence-corrected chi connectivity index (χ1v) is 11.6. The molecule has 0 spiro atoms. The molecule has 2 N–H and O–H groups in total. The fourth-order valence-electron chi connectivity index (χ4n) is 4.15. The van der Waals surface area contributed by atoms with E-state index in [4.69, 9.17) is 27.6 Å². The number of rotatable bonds is 7. The van der Waals surface area contributed by atoms with E-state index in [0.717, 1.165) is 11.3 Å². The normalized spacial score (nSPS) is 15.7. The van der Waals surface area contributed by atoms with Gasteiger partial charge in [-0.3, -0.25) is 14.5 Å². The number of amides is 2. The van der Waals surface area contributed by atoms with Crippen LogP contribution in [0.3, 0.4) is 0 Å². The third-order valence-corrected chi connectivity index (χ3v) is 6.21. The van der Waals surface area contributed by atoms with Crippen molar-refractivity contribution in [2.75, 3.05) is 18.4 Å². The Morgan fingerprint density at radius 1 is 1.00 bits per heavy atom. The van der Waals surface area contributed by atoms with E-state index in [1.165, 1.54) is 0 Å². The number of carbonyl (C=O) groups is 2. The summed E-state index contributed by atoms with van der Waals surface area (Å²) in [6.07, 6.45) is 2.93. The Morgan fingerprint density at radius 3 is 2.33 bits per heavy atom. The summed E-state index contributed by atoms with van der Waals surface area (Å²) in [4.78, 5) is 28.1. The minimum atomic E-state index is -0.490. The largest absolute Gasteiger partial charge is 0.467 e. The van der Waals surface area contributed by atoms with Crippen LogP contribution in [0.5, 0.6) is 0 Å². The van der Waals surface area contributed by atoms with Gasteiger partial charge in [0.05, 0.1) is 12.8 Å². The topological polar surface area (TPSA) is 74.6 Å². The van der Waals surface area contributed by atoms with Gasteiger partial charge in [-0.2, -0.15) is 0 Å². The Labute approximate surface area is 202 Å². The maximum absolute atomic E-state index is 13.4. The van der Waals surface area contributed by atoms with E-state index in [1.807, 2.05) is 36.4 Å². The molecule has 0 bridgehead atoms. The minimum absolute atomic E-state index is 0.0142. The van der Waals surface area contributed by atoms with Gasteiger partial charge in [-0.15, -0.1) is 0 Å². The summed E-state index contributed by atoms with van der Waals surface area (Å²) >= 11 is 12.2. The van der Waals surface area contributed by atoms with Crippen molar-refractivity contribution in [2.24, 2.45) is 5.92 Å². The monoisotopic (exact) mass is 485 g/mol. The molecule has 4 rings (SSSR count). The second-order valence-electron chi connectivity index (χ2n) is 8.07. The summed E-state index contributed by atoms with van der Waals surface area (Å²) in [6.45, 7) is 1.63. The third kappa shape index (κ3) is 6.16. The first kappa shape index (κ1) is 23.4. The van der Waals surface area contributed by atoms with Crippen molar-refractivity contribution in [1.29, 1.82) is 0 Å². The molecule has 2 amide bonds. The van der Waals surface area contributed by atoms with E-state index >= 15 is 0 Å². The predicted octanol–water partition coefficient (Wildman–Crippen LogP) is 5.29. The zero-order valence-corrected chi connectivity index (χ0v) is 19.5. The smallest absolute Gasteiger partial charge is 0.246 e. The van der Waals surface area contributed by atoms with Crippen LogP contribution >= 0.6 is 23.2 Å². The highest BCUT2D eigenvalue weighted by molar-refractivity contribution is 6.35. The molecule has 0 radical (unpaired) electrons. The molecular formula is C25H25Cl2N3O3. The number of carbonyl (C=O) groups excluding carboxylic acids is 2. The van der Waals surface area contributed by atoms with Gasteiger partial charge in [-0.1, -0.05) is 53.5 Å². The quantitative estimate of drug-likeness (QED) is 0.476. The van der Waals surface area contributed by atoms with Gasteiger partial charge >= 0.3 is 0 Å². The van der Waals surface area contributed by atoms with Crippen LogP contribution in [-0.2, 0) is 16.1 Å². The Morgan fingerprint density at radius 2 is 1.70 bits per heavy atom. The Balaban J connectivity index is 1.42. The van der Waals surface area contributed by atoms with Crippen LogP contribution in [0.25, 0.3) is 0 Å². The lowest BCUT2D eigenvalue weighted by Crippen LogP contribution is -2.45. The van der Waals surface area contributed by atoms with Crippen LogP contribution in [0.15, 0.2) is 71.3 Å². The van der Waals surface area contributed by atoms with E-state index in [9.17, 15) is 9.59 Å². The van der Waals surface area contributed by atoms with Gasteiger partial charge in [0.15, 0.2) is 0 Å². The maximum atomic E-state index is 13.4. The highest BCUT2D eigenvalue weighted by atomic mass is 35.5. The standard InChI is InChI=1S/C25H25Cl2N3O3/c26-19-13-20(27)15-21(14-19)29-25(32)23(17-5-2-1-3-6-17)30-10-8-18(9-11-30)24(31)28-16-22-7-4-12-33-22/h1-7,12-15,18,23H,8-11,16H2,(H,28,31)(H,29,32). The SMILES string of the molecule is O=C(NCc1ccco1)C1CCN(C(C(=O)Nc2cc(Cl)cc(Cl)c2)c2ccccc2)CC1. The van der Waals surface area contributed by atoms with Crippen molar-refractivity contribution < 1.29 is 14.0 Å². The first-order chi connectivity index (χ1) is 16.0. The van der Waals surface area contributed by atoms with Crippen molar-refractivity contribution in [3.63, 3.8) is 0 Å². The molecule has 0 aliphatic carbocycles. The molecule has 8 heteroatoms. The molecule has 1 aliphatic rings. The van der Waals surface area contributed by atoms with Crippen LogP contribution in [0.1, 0.15) is 30.2 Å². The fourth-order valence-corrected chi connectivity index (χ4v) is 4.68. The zero-order chi connectivity index (χ0) is 23.2. The summed E-state index contributed by atoms with van der Waals surface area (Å²) in [6, 6.07) is 17.7. The minimum Gasteiger partial charge on any atom is -0.467 e. The van der Waals surface area contributed by atoms with E-state index in [0.29, 0.717) is 48.2 Å². The summed E-state index contributed by atoms with van der Waals surface area (Å²) in [5, 5.41) is 6.80. The second kappa shape index (κ2) is 10.9. The molecule has 172 valence electrons. The fraction of sp³-hybridized carbons (Fsp3) is 0.280. The lowest BCUT2D eigenvalue weighted by molar-refractivity contribution is -0.127. The molecule has 6 nitrogen and oxygen atoms in total. The van der Waals surface area contributed by atoms with Gasteiger partial charge in [-0.05, 0) is 61.8 Å². The Kier molecular flexibility index (Phi) is 7.70. The molecule has 1 aliphatic heterocycles. The summed E-state index contributed by atoms with van der Waals surface area (Å²) < 4.78 is 5.27. The first-order valence-electron chi connectivity index (χ1n) is 10.9. The van der Waals surface area contributed by atoms with E-state index < -0.39 is 6.04 Å². The molecule has 33 heavy (non-hydrogen) atoms. The molecule has 1 aromatic heterocycles. The summed E-state index contributed by atoms with van der Waals surface area (Å²) in [5.74, 6) is 0.478. The van der Waals surface area contributed by atoms with E-state index in [1.54, 1.807) is 30.5 Å². The molecule has 1 saturated heterocycles. The molecule has 1 atom stereocenters. The van der Waals surface area contributed by atoms with Crippen LogP contribution < -0.4 is 10.6 Å². The molecular weight excluding hydrogens is 461 g/mol. The number of halogens is 2. The molecule has 1 unspecified atom stereocenters. The van der Waals surface area contributed by atoms with Gasteiger partial charge < -0.3 is 15.1 Å². The number of likely N-dealkylation sites (tertiary alicyclic amines) is 1. The predicted molar refractivity (Wildman–Crippen MR) is 129 cm³/mol. The number of hydrogen-bond donors (Lipinski definition) is 2. The van der Waals surface area contributed by atoms with Crippen LogP contribution in [0.4, 0.5) is 5.69 Å². The van der Waals surface area contributed by atoms with Gasteiger partial charge in [0.1, 0.15) is 11.8 Å². The maximum Gasteiger partial charge on any atom is 0.246 e. The summed E-state index contributed by atoms with van der Waals surface area (Å²) in [5.41, 5.74) is 1.44. The molecule has 2 heterocycles. The van der Waals surface area contributed by atoms with Gasteiger partial charge in [0.2, 0.25) is 11.8 Å². The average molecular weight is 486 g/mol. The molecule has 0 saturated carbocycles. The highest BCUT2D eigenvalue weighted by Gasteiger charge is 2.33. The number of furan rings is 1. The lowest BCUT2D eigenvalue weighted by Gasteiger charge is -2.36. The van der Waals surface area contributed by atoms with Gasteiger partial charge in [-0.25, -0.2) is 0 Å². The summed E-state index contributed by atoms with van der Waals surface area (Å²) in [7, 11) is 0. The van der Waals surface area contributed by atoms with Crippen LogP contribution in [-0.4, -0.2) is 29.8 Å². The van der Waals surface area contributed by atoms with Crippen LogP contribution in [0, 0.1) is 5.92 Å². The number of hydrogen-bond acceptors (Lipinski definition) is 4. The third-order valence-electron chi connectivity index (χ3n) is 5.78. The molecule has 1 fully saturated rings. The number of nitrogens with zero attached hydrogens (tertiary/aromatic N) is 1. The second-order valence-corrected chi connectivity index (χ2v) is 8.94. The van der Waals surface area contributed by atoms with Gasteiger partial charge in [0, 0.05) is 21.7 Å². The van der Waals surface area contributed by atoms with Crippen molar-refractivity contribution in [2.45, 2.75) is 25.4 Å². The van der Waals surface area contributed by atoms with E-state index in [-0.39, 0.29) is 17.7 Å². The highest BCUT2D eigenvalue weighted by Crippen LogP contribution is 2.30. The van der Waals surface area contributed by atoms with Crippen LogP contribution in [0.2, 0.25) is 10.0 Å². The van der Waals surface area contributed by atoms with E-state index in [2.05, 4.69) is 15.5 Å². The lowest BCUT2D eigenvalue weighted by atomic mass is 9.93. The zero-order valence-electron chi connectivity index (χ0n) is 18.0. The molecule has 3 aromatic rings. The van der Waals surface area contributed by atoms with Gasteiger partial charge in [0.25, 0.3) is 0 Å².